The van der Waals surface area contributed by atoms with Gasteiger partial charge >= 0.3 is 0 Å². The summed E-state index contributed by atoms with van der Waals surface area (Å²) >= 11 is 2.88. The molecule has 2 rings (SSSR count). The molecule has 0 unspecified atom stereocenters. The molecule has 0 aliphatic heterocycles. The fourth-order valence-electron chi connectivity index (χ4n) is 1.56. The van der Waals surface area contributed by atoms with Gasteiger partial charge in [-0.2, -0.15) is 0 Å². The Morgan fingerprint density at radius 2 is 1.37 bits per heavy atom. The van der Waals surface area contributed by atoms with Crippen molar-refractivity contribution in [2.24, 2.45) is 0 Å². The lowest BCUT2D eigenvalue weighted by Crippen LogP contribution is -1.92. The highest BCUT2D eigenvalue weighted by Crippen LogP contribution is 2.19. The predicted molar refractivity (Wildman–Crippen MR) is 77.1 cm³/mol. The number of hydrogen-bond donors (Lipinski definition) is 0. The number of ether oxygens (including phenoxy) is 1. The maximum atomic E-state index is 11.2. The normalized spacial score (nSPS) is 10.6. The van der Waals surface area contributed by atoms with Crippen molar-refractivity contribution in [3.8, 4) is 0 Å². The Hall–Kier alpha value is -1.30. The van der Waals surface area contributed by atoms with E-state index in [2.05, 4.69) is 0 Å². The molecule has 19 heavy (non-hydrogen) atoms. The quantitative estimate of drug-likeness (QED) is 0.758. The van der Waals surface area contributed by atoms with E-state index in [4.69, 9.17) is 4.74 Å². The van der Waals surface area contributed by atoms with Crippen LogP contribution >= 0.6 is 22.7 Å². The third kappa shape index (κ3) is 3.83. The summed E-state index contributed by atoms with van der Waals surface area (Å²) in [5, 5.41) is 3.87. The maximum Gasteiger partial charge on any atom is 0.169 e. The molecule has 0 aliphatic rings. The molecule has 0 spiro atoms. The van der Waals surface area contributed by atoms with Crippen molar-refractivity contribution in [3.63, 3.8) is 0 Å². The SMILES string of the molecule is CC(=O)c1cc(COCc2csc(C(C)=O)c2)cs1. The van der Waals surface area contributed by atoms with E-state index < -0.39 is 0 Å². The van der Waals surface area contributed by atoms with Gasteiger partial charge in [0.05, 0.1) is 23.0 Å². The van der Waals surface area contributed by atoms with E-state index in [0.29, 0.717) is 13.2 Å². The Bertz CT molecular complexity index is 543. The van der Waals surface area contributed by atoms with Crippen LogP contribution in [0.2, 0.25) is 0 Å². The second-order valence-corrected chi connectivity index (χ2v) is 6.07. The molecule has 0 N–H and O–H groups in total. The number of rotatable bonds is 6. The Balaban J connectivity index is 1.85. The molecule has 2 aromatic heterocycles. The van der Waals surface area contributed by atoms with E-state index in [-0.39, 0.29) is 11.6 Å². The second kappa shape index (κ2) is 6.23. The summed E-state index contributed by atoms with van der Waals surface area (Å²) < 4.78 is 5.58. The molecule has 2 aromatic rings. The first kappa shape index (κ1) is 14.1. The first-order valence-electron chi connectivity index (χ1n) is 5.80. The second-order valence-electron chi connectivity index (χ2n) is 4.24. The standard InChI is InChI=1S/C14H14O3S2/c1-9(15)13-3-11(7-18-13)5-17-6-12-4-14(10(2)16)19-8-12/h3-4,7-8H,5-6H2,1-2H3. The summed E-state index contributed by atoms with van der Waals surface area (Å²) in [6, 6.07) is 3.73. The van der Waals surface area contributed by atoms with Gasteiger partial charge in [-0.1, -0.05) is 0 Å². The topological polar surface area (TPSA) is 43.4 Å². The van der Waals surface area contributed by atoms with Crippen molar-refractivity contribution in [2.45, 2.75) is 27.1 Å². The largest absolute Gasteiger partial charge is 0.372 e. The summed E-state index contributed by atoms with van der Waals surface area (Å²) in [5.74, 6) is 0.167. The number of hydrogen-bond acceptors (Lipinski definition) is 5. The number of carbonyl (C=O) groups is 2. The van der Waals surface area contributed by atoms with E-state index in [1.165, 1.54) is 22.7 Å². The summed E-state index contributed by atoms with van der Waals surface area (Å²) in [7, 11) is 0. The minimum absolute atomic E-state index is 0.0835. The van der Waals surface area contributed by atoms with Crippen molar-refractivity contribution in [2.75, 3.05) is 0 Å². The van der Waals surface area contributed by atoms with Gasteiger partial charge in [0.15, 0.2) is 11.6 Å². The van der Waals surface area contributed by atoms with Crippen LogP contribution in [0.1, 0.15) is 44.3 Å². The first-order chi connectivity index (χ1) is 9.06. The first-order valence-corrected chi connectivity index (χ1v) is 7.56. The van der Waals surface area contributed by atoms with Gasteiger partial charge in [-0.25, -0.2) is 0 Å². The lowest BCUT2D eigenvalue weighted by atomic mass is 10.2. The van der Waals surface area contributed by atoms with Crippen LogP contribution in [0, 0.1) is 0 Å². The fourth-order valence-corrected chi connectivity index (χ4v) is 3.16. The van der Waals surface area contributed by atoms with Crippen molar-refractivity contribution in [1.29, 1.82) is 0 Å². The molecule has 0 aromatic carbocycles. The minimum atomic E-state index is 0.0835. The smallest absolute Gasteiger partial charge is 0.169 e. The lowest BCUT2D eigenvalue weighted by molar-refractivity contribution is 0.101. The molecule has 0 atom stereocenters. The minimum Gasteiger partial charge on any atom is -0.372 e. The van der Waals surface area contributed by atoms with Gasteiger partial charge in [0, 0.05) is 0 Å². The van der Waals surface area contributed by atoms with Gasteiger partial charge in [0.2, 0.25) is 0 Å². The van der Waals surface area contributed by atoms with E-state index in [1.807, 2.05) is 22.9 Å². The fraction of sp³-hybridized carbons (Fsp3) is 0.286. The Morgan fingerprint density at radius 1 is 0.947 bits per heavy atom. The van der Waals surface area contributed by atoms with Crippen molar-refractivity contribution in [3.05, 3.63) is 43.8 Å². The third-order valence-electron chi connectivity index (χ3n) is 2.54. The molecule has 0 saturated heterocycles. The highest BCUT2D eigenvalue weighted by molar-refractivity contribution is 7.12. The van der Waals surface area contributed by atoms with Gasteiger partial charge < -0.3 is 4.74 Å². The van der Waals surface area contributed by atoms with Gasteiger partial charge in [0.25, 0.3) is 0 Å². The number of Topliss-reactive ketones (excluding diaryl/α,β-unsaturated/α-hetero) is 2. The van der Waals surface area contributed by atoms with Crippen LogP contribution in [0.15, 0.2) is 22.9 Å². The molecule has 100 valence electrons. The molecule has 0 bridgehead atoms. The molecule has 0 aliphatic carbocycles. The average Bonchev–Trinajstić information content (AvgIpc) is 2.97. The van der Waals surface area contributed by atoms with Gasteiger partial charge in [-0.15, -0.1) is 22.7 Å². The third-order valence-corrected chi connectivity index (χ3v) is 4.70. The van der Waals surface area contributed by atoms with Crippen LogP contribution in [0.25, 0.3) is 0 Å². The number of thiophene rings is 2. The zero-order valence-corrected chi connectivity index (χ0v) is 12.4. The average molecular weight is 294 g/mol. The molecule has 2 heterocycles. The van der Waals surface area contributed by atoms with Crippen LogP contribution in [0.5, 0.6) is 0 Å². The van der Waals surface area contributed by atoms with E-state index in [0.717, 1.165) is 20.9 Å². The number of carbonyl (C=O) groups excluding carboxylic acids is 2. The van der Waals surface area contributed by atoms with Crippen LogP contribution in [0.3, 0.4) is 0 Å². The zero-order valence-electron chi connectivity index (χ0n) is 10.8. The molecule has 3 nitrogen and oxygen atoms in total. The molecule has 0 radical (unpaired) electrons. The predicted octanol–water partition coefficient (Wildman–Crippen LogP) is 3.93. The van der Waals surface area contributed by atoms with Crippen LogP contribution in [-0.2, 0) is 18.0 Å². The maximum absolute atomic E-state index is 11.2. The molecule has 0 fully saturated rings. The van der Waals surface area contributed by atoms with Crippen LogP contribution < -0.4 is 0 Å². The van der Waals surface area contributed by atoms with E-state index >= 15 is 0 Å². The zero-order chi connectivity index (χ0) is 13.8. The van der Waals surface area contributed by atoms with Crippen LogP contribution in [-0.4, -0.2) is 11.6 Å². The van der Waals surface area contributed by atoms with Gasteiger partial charge in [-0.05, 0) is 47.9 Å². The van der Waals surface area contributed by atoms with Crippen molar-refractivity contribution >= 4 is 34.2 Å². The lowest BCUT2D eigenvalue weighted by Gasteiger charge is -2.00. The highest BCUT2D eigenvalue weighted by atomic mass is 32.1. The Kier molecular flexibility index (Phi) is 4.63. The monoisotopic (exact) mass is 294 g/mol. The van der Waals surface area contributed by atoms with E-state index in [1.54, 1.807) is 13.8 Å². The van der Waals surface area contributed by atoms with Crippen molar-refractivity contribution < 1.29 is 14.3 Å². The summed E-state index contributed by atoms with van der Waals surface area (Å²) in [5.41, 5.74) is 2.02. The summed E-state index contributed by atoms with van der Waals surface area (Å²) in [6.45, 7) is 4.08. The van der Waals surface area contributed by atoms with Gasteiger partial charge in [-0.3, -0.25) is 9.59 Å². The Morgan fingerprint density at radius 3 is 1.68 bits per heavy atom. The molecular formula is C14H14O3S2. The Labute approximate surface area is 119 Å². The summed E-state index contributed by atoms with van der Waals surface area (Å²) in [4.78, 5) is 23.8. The molecule has 0 amide bonds. The number of ketones is 2. The summed E-state index contributed by atoms with van der Waals surface area (Å²) in [6.07, 6.45) is 0. The van der Waals surface area contributed by atoms with Crippen LogP contribution in [0.4, 0.5) is 0 Å². The van der Waals surface area contributed by atoms with Gasteiger partial charge in [0.1, 0.15) is 0 Å². The molecular weight excluding hydrogens is 280 g/mol. The molecule has 0 saturated carbocycles. The highest BCUT2D eigenvalue weighted by Gasteiger charge is 2.06. The molecule has 5 heteroatoms. The van der Waals surface area contributed by atoms with E-state index in [9.17, 15) is 9.59 Å². The van der Waals surface area contributed by atoms with Crippen molar-refractivity contribution in [1.82, 2.24) is 0 Å².